The molecule has 1 N–H and O–H groups in total. The predicted molar refractivity (Wildman–Crippen MR) is 49.5 cm³/mol. The van der Waals surface area contributed by atoms with Gasteiger partial charge in [0.2, 0.25) is 5.91 Å². The van der Waals surface area contributed by atoms with Crippen LogP contribution in [-0.2, 0) is 4.79 Å². The Morgan fingerprint density at radius 1 is 1.82 bits per heavy atom. The molecule has 0 aliphatic rings. The minimum absolute atomic E-state index is 0.0164. The summed E-state index contributed by atoms with van der Waals surface area (Å²) >= 11 is 3.93. The summed E-state index contributed by atoms with van der Waals surface area (Å²) in [7, 11) is 0. The zero-order valence-corrected chi connectivity index (χ0v) is 7.53. The highest BCUT2D eigenvalue weighted by Crippen LogP contribution is 1.90. The number of hydrogen-bond donors (Lipinski definition) is 2. The molecule has 0 fully saturated rings. The number of nitrogens with one attached hydrogen (secondary N) is 1. The molecule has 0 rings (SSSR count). The quantitative estimate of drug-likeness (QED) is 0.476. The maximum Gasteiger partial charge on any atom is 0.221 e. The van der Waals surface area contributed by atoms with Crippen LogP contribution in [0.15, 0.2) is 0 Å². The van der Waals surface area contributed by atoms with Gasteiger partial charge in [-0.3, -0.25) is 4.79 Å². The van der Waals surface area contributed by atoms with E-state index in [9.17, 15) is 4.79 Å². The van der Waals surface area contributed by atoms with Gasteiger partial charge in [0.05, 0.1) is 0 Å². The first-order chi connectivity index (χ1) is 5.20. The van der Waals surface area contributed by atoms with Gasteiger partial charge < -0.3 is 5.32 Å². The molecule has 1 atom stereocenters. The van der Waals surface area contributed by atoms with E-state index < -0.39 is 0 Å². The van der Waals surface area contributed by atoms with Crippen molar-refractivity contribution < 1.29 is 4.79 Å². The van der Waals surface area contributed by atoms with Gasteiger partial charge in [0.15, 0.2) is 0 Å². The molecular formula is C8H13NOS. The standard InChI is InChI=1S/C8H13NOS/c1-3-4-7(2)9-8(10)5-6-11/h1,7,11H,4-6H2,2H3,(H,9,10). The first-order valence-corrected chi connectivity index (χ1v) is 4.17. The van der Waals surface area contributed by atoms with E-state index in [0.29, 0.717) is 18.6 Å². The van der Waals surface area contributed by atoms with E-state index in [2.05, 4.69) is 23.9 Å². The first-order valence-electron chi connectivity index (χ1n) is 3.54. The lowest BCUT2D eigenvalue weighted by Crippen LogP contribution is -2.32. The normalized spacial score (nSPS) is 11.7. The van der Waals surface area contributed by atoms with Crippen molar-refractivity contribution in [1.82, 2.24) is 5.32 Å². The lowest BCUT2D eigenvalue weighted by Gasteiger charge is -2.09. The van der Waals surface area contributed by atoms with Gasteiger partial charge in [0.25, 0.3) is 0 Å². The van der Waals surface area contributed by atoms with Crippen molar-refractivity contribution in [2.75, 3.05) is 5.75 Å². The van der Waals surface area contributed by atoms with Crippen molar-refractivity contribution in [3.8, 4) is 12.3 Å². The van der Waals surface area contributed by atoms with Crippen molar-refractivity contribution >= 4 is 18.5 Å². The molecule has 0 aromatic carbocycles. The molecule has 0 aliphatic heterocycles. The molecule has 2 nitrogen and oxygen atoms in total. The van der Waals surface area contributed by atoms with Crippen LogP contribution in [0.1, 0.15) is 19.8 Å². The monoisotopic (exact) mass is 171 g/mol. The zero-order valence-electron chi connectivity index (χ0n) is 6.63. The van der Waals surface area contributed by atoms with Gasteiger partial charge in [-0.2, -0.15) is 12.6 Å². The Kier molecular flexibility index (Phi) is 5.77. The Morgan fingerprint density at radius 3 is 2.91 bits per heavy atom. The Labute approximate surface area is 73.2 Å². The van der Waals surface area contributed by atoms with Crippen LogP contribution in [0.5, 0.6) is 0 Å². The lowest BCUT2D eigenvalue weighted by atomic mass is 10.2. The van der Waals surface area contributed by atoms with E-state index in [-0.39, 0.29) is 11.9 Å². The number of amides is 1. The molecule has 1 amide bonds. The highest BCUT2D eigenvalue weighted by atomic mass is 32.1. The first kappa shape index (κ1) is 10.4. The highest BCUT2D eigenvalue weighted by Gasteiger charge is 2.03. The molecule has 11 heavy (non-hydrogen) atoms. The van der Waals surface area contributed by atoms with Gasteiger partial charge in [-0.15, -0.1) is 12.3 Å². The molecule has 0 saturated heterocycles. The molecular weight excluding hydrogens is 158 g/mol. The third kappa shape index (κ3) is 5.81. The van der Waals surface area contributed by atoms with Crippen molar-refractivity contribution in [3.05, 3.63) is 0 Å². The number of thiol groups is 1. The summed E-state index contributed by atoms with van der Waals surface area (Å²) in [4.78, 5) is 10.9. The van der Waals surface area contributed by atoms with Gasteiger partial charge in [-0.25, -0.2) is 0 Å². The van der Waals surface area contributed by atoms with Crippen LogP contribution in [0, 0.1) is 12.3 Å². The van der Waals surface area contributed by atoms with E-state index >= 15 is 0 Å². The molecule has 0 saturated carbocycles. The molecule has 3 heteroatoms. The summed E-state index contributed by atoms with van der Waals surface area (Å²) in [5.41, 5.74) is 0. The summed E-state index contributed by atoms with van der Waals surface area (Å²) < 4.78 is 0. The van der Waals surface area contributed by atoms with Crippen molar-refractivity contribution in [3.63, 3.8) is 0 Å². The molecule has 0 aromatic rings. The minimum atomic E-state index is 0.0164. The maximum atomic E-state index is 10.9. The van der Waals surface area contributed by atoms with Crippen LogP contribution in [0.25, 0.3) is 0 Å². The molecule has 1 unspecified atom stereocenters. The van der Waals surface area contributed by atoms with Crippen LogP contribution in [0.4, 0.5) is 0 Å². The number of carbonyl (C=O) groups excluding carboxylic acids is 1. The summed E-state index contributed by atoms with van der Waals surface area (Å²) in [5.74, 6) is 3.08. The van der Waals surface area contributed by atoms with E-state index in [0.717, 1.165) is 0 Å². The smallest absolute Gasteiger partial charge is 0.221 e. The van der Waals surface area contributed by atoms with E-state index in [1.165, 1.54) is 0 Å². The number of rotatable bonds is 4. The van der Waals surface area contributed by atoms with Gasteiger partial charge in [-0.1, -0.05) is 0 Å². The average molecular weight is 171 g/mol. The van der Waals surface area contributed by atoms with Crippen LogP contribution in [0.2, 0.25) is 0 Å². The fraction of sp³-hybridized carbons (Fsp3) is 0.625. The minimum Gasteiger partial charge on any atom is -0.353 e. The summed E-state index contributed by atoms with van der Waals surface area (Å²) in [6.07, 6.45) is 6.10. The molecule has 0 bridgehead atoms. The second-order valence-corrected chi connectivity index (χ2v) is 2.80. The summed E-state index contributed by atoms with van der Waals surface area (Å²) in [6.45, 7) is 1.89. The molecule has 0 aromatic heterocycles. The van der Waals surface area contributed by atoms with Crippen LogP contribution in [0.3, 0.4) is 0 Å². The summed E-state index contributed by atoms with van der Waals surface area (Å²) in [5, 5.41) is 2.75. The van der Waals surface area contributed by atoms with Crippen LogP contribution >= 0.6 is 12.6 Å². The largest absolute Gasteiger partial charge is 0.353 e. The van der Waals surface area contributed by atoms with Crippen molar-refractivity contribution in [2.24, 2.45) is 0 Å². The Bertz CT molecular complexity index is 162. The number of hydrogen-bond acceptors (Lipinski definition) is 2. The van der Waals surface area contributed by atoms with E-state index in [1.807, 2.05) is 6.92 Å². The maximum absolute atomic E-state index is 10.9. The van der Waals surface area contributed by atoms with Crippen molar-refractivity contribution in [2.45, 2.75) is 25.8 Å². The van der Waals surface area contributed by atoms with Gasteiger partial charge in [-0.05, 0) is 12.7 Å². The van der Waals surface area contributed by atoms with Gasteiger partial charge >= 0.3 is 0 Å². The Balaban J connectivity index is 3.50. The SMILES string of the molecule is C#CCC(C)NC(=O)CCS. The average Bonchev–Trinajstić information content (AvgIpc) is 1.87. The Morgan fingerprint density at radius 2 is 2.45 bits per heavy atom. The van der Waals surface area contributed by atoms with Gasteiger partial charge in [0, 0.05) is 18.9 Å². The lowest BCUT2D eigenvalue weighted by molar-refractivity contribution is -0.121. The number of carbonyl (C=O) groups is 1. The third-order valence-electron chi connectivity index (χ3n) is 1.17. The van der Waals surface area contributed by atoms with Crippen LogP contribution < -0.4 is 5.32 Å². The van der Waals surface area contributed by atoms with E-state index in [4.69, 9.17) is 6.42 Å². The fourth-order valence-electron chi connectivity index (χ4n) is 0.676. The highest BCUT2D eigenvalue weighted by molar-refractivity contribution is 7.80. The van der Waals surface area contributed by atoms with Crippen LogP contribution in [-0.4, -0.2) is 17.7 Å². The van der Waals surface area contributed by atoms with E-state index in [1.54, 1.807) is 0 Å². The topological polar surface area (TPSA) is 29.1 Å². The van der Waals surface area contributed by atoms with Gasteiger partial charge in [0.1, 0.15) is 0 Å². The third-order valence-corrected chi connectivity index (χ3v) is 1.39. The number of terminal acetylenes is 1. The van der Waals surface area contributed by atoms with Crippen molar-refractivity contribution in [1.29, 1.82) is 0 Å². The second kappa shape index (κ2) is 6.11. The second-order valence-electron chi connectivity index (χ2n) is 2.35. The zero-order chi connectivity index (χ0) is 8.69. The molecule has 0 aliphatic carbocycles. The molecule has 62 valence electrons. The molecule has 0 radical (unpaired) electrons. The predicted octanol–water partition coefficient (Wildman–Crippen LogP) is 0.834. The molecule has 0 spiro atoms. The Hall–Kier alpha value is -0.620. The fourth-order valence-corrected chi connectivity index (χ4v) is 0.879. The summed E-state index contributed by atoms with van der Waals surface area (Å²) in [6, 6.07) is 0.0763. The molecule has 0 heterocycles.